The summed E-state index contributed by atoms with van der Waals surface area (Å²) >= 11 is 0. The lowest BCUT2D eigenvalue weighted by Gasteiger charge is -2.36. The number of hydrogen-bond donors (Lipinski definition) is 2. The highest BCUT2D eigenvalue weighted by molar-refractivity contribution is 4.96. The van der Waals surface area contributed by atoms with Crippen molar-refractivity contribution in [1.29, 1.82) is 0 Å². The van der Waals surface area contributed by atoms with Crippen LogP contribution in [0.2, 0.25) is 0 Å². The molecule has 1 aromatic heterocycles. The molecule has 1 aromatic rings. The highest BCUT2D eigenvalue weighted by Crippen LogP contribution is 2.30. The van der Waals surface area contributed by atoms with Crippen molar-refractivity contribution in [3.63, 3.8) is 0 Å². The van der Waals surface area contributed by atoms with Gasteiger partial charge in [-0.25, -0.2) is 0 Å². The Bertz CT molecular complexity index is 346. The predicted octanol–water partition coefficient (Wildman–Crippen LogP) is 2.08. The Morgan fingerprint density at radius 2 is 2.22 bits per heavy atom. The molecule has 1 aliphatic heterocycles. The smallest absolute Gasteiger partial charge is 0.150 e. The van der Waals surface area contributed by atoms with Crippen LogP contribution in [0.3, 0.4) is 0 Å². The average Bonchev–Trinajstić information content (AvgIpc) is 3.10. The molecule has 100 valence electrons. The highest BCUT2D eigenvalue weighted by atomic mass is 16.5. The predicted molar refractivity (Wildman–Crippen MR) is 70.1 cm³/mol. The summed E-state index contributed by atoms with van der Waals surface area (Å²) in [6.07, 6.45) is 9.83. The van der Waals surface area contributed by atoms with E-state index in [1.165, 1.54) is 45.1 Å². The third-order valence-corrected chi connectivity index (χ3v) is 4.46. The van der Waals surface area contributed by atoms with Crippen LogP contribution >= 0.6 is 0 Å². The maximum Gasteiger partial charge on any atom is 0.150 e. The Kier molecular flexibility index (Phi) is 3.96. The lowest BCUT2D eigenvalue weighted by Crippen LogP contribution is -2.46. The summed E-state index contributed by atoms with van der Waals surface area (Å²) in [5.74, 6) is 1.74. The van der Waals surface area contributed by atoms with Crippen LogP contribution in [-0.2, 0) is 6.54 Å². The first kappa shape index (κ1) is 12.2. The fourth-order valence-corrected chi connectivity index (χ4v) is 3.54. The number of rotatable bonds is 4. The minimum absolute atomic E-state index is 0.638. The van der Waals surface area contributed by atoms with Gasteiger partial charge in [0.2, 0.25) is 0 Å². The first-order chi connectivity index (χ1) is 8.93. The van der Waals surface area contributed by atoms with Gasteiger partial charge in [-0.15, -0.1) is 0 Å². The number of aromatic nitrogens is 1. The molecule has 2 heterocycles. The molecule has 4 heteroatoms. The Hall–Kier alpha value is -0.870. The van der Waals surface area contributed by atoms with Crippen molar-refractivity contribution in [3.05, 3.63) is 18.0 Å². The fourth-order valence-electron chi connectivity index (χ4n) is 3.54. The zero-order valence-corrected chi connectivity index (χ0v) is 10.9. The van der Waals surface area contributed by atoms with E-state index >= 15 is 0 Å². The minimum Gasteiger partial charge on any atom is -0.360 e. The van der Waals surface area contributed by atoms with Crippen molar-refractivity contribution in [1.82, 2.24) is 15.8 Å². The van der Waals surface area contributed by atoms with E-state index in [0.29, 0.717) is 6.04 Å². The Balaban J connectivity index is 1.57. The quantitative estimate of drug-likeness (QED) is 0.857. The molecule has 1 aliphatic carbocycles. The van der Waals surface area contributed by atoms with E-state index in [2.05, 4.69) is 15.8 Å². The van der Waals surface area contributed by atoms with Gasteiger partial charge in [-0.1, -0.05) is 18.0 Å². The summed E-state index contributed by atoms with van der Waals surface area (Å²) in [6, 6.07) is 3.32. The fraction of sp³-hybridized carbons (Fsp3) is 0.786. The van der Waals surface area contributed by atoms with Crippen LogP contribution in [0.1, 0.15) is 44.3 Å². The zero-order chi connectivity index (χ0) is 12.2. The largest absolute Gasteiger partial charge is 0.360 e. The van der Waals surface area contributed by atoms with Gasteiger partial charge in [0.15, 0.2) is 0 Å². The van der Waals surface area contributed by atoms with E-state index in [0.717, 1.165) is 24.3 Å². The monoisotopic (exact) mass is 249 g/mol. The molecule has 0 amide bonds. The van der Waals surface area contributed by atoms with Gasteiger partial charge in [-0.2, -0.15) is 0 Å². The molecular formula is C14H23N3O. The van der Waals surface area contributed by atoms with Gasteiger partial charge in [0.05, 0.1) is 12.7 Å². The SMILES string of the molecule is c1cc(CNC2CCCCC2C2CCCN2)on1. The summed E-state index contributed by atoms with van der Waals surface area (Å²) in [5.41, 5.74) is 0. The molecule has 18 heavy (non-hydrogen) atoms. The molecule has 1 saturated heterocycles. The van der Waals surface area contributed by atoms with Crippen LogP contribution < -0.4 is 10.6 Å². The molecule has 0 bridgehead atoms. The van der Waals surface area contributed by atoms with E-state index in [9.17, 15) is 0 Å². The molecule has 1 saturated carbocycles. The van der Waals surface area contributed by atoms with Crippen LogP contribution in [0, 0.1) is 5.92 Å². The molecule has 2 N–H and O–H groups in total. The van der Waals surface area contributed by atoms with Crippen molar-refractivity contribution in [2.24, 2.45) is 5.92 Å². The summed E-state index contributed by atoms with van der Waals surface area (Å²) in [6.45, 7) is 2.02. The van der Waals surface area contributed by atoms with Gasteiger partial charge >= 0.3 is 0 Å². The van der Waals surface area contributed by atoms with E-state index in [1.54, 1.807) is 6.20 Å². The van der Waals surface area contributed by atoms with Crippen molar-refractivity contribution in [3.8, 4) is 0 Å². The van der Waals surface area contributed by atoms with Crippen molar-refractivity contribution in [2.75, 3.05) is 6.54 Å². The molecule has 2 aliphatic rings. The van der Waals surface area contributed by atoms with E-state index in [4.69, 9.17) is 4.52 Å². The van der Waals surface area contributed by atoms with Crippen molar-refractivity contribution in [2.45, 2.75) is 57.2 Å². The van der Waals surface area contributed by atoms with Gasteiger partial charge in [-0.05, 0) is 38.1 Å². The summed E-state index contributed by atoms with van der Waals surface area (Å²) in [7, 11) is 0. The average molecular weight is 249 g/mol. The first-order valence-electron chi connectivity index (χ1n) is 7.30. The second-order valence-electron chi connectivity index (χ2n) is 5.62. The standard InChI is InChI=1S/C14H23N3O/c1-2-5-14(16-10-11-7-9-17-18-11)12(4-1)13-6-3-8-15-13/h7,9,12-16H,1-6,8,10H2. The number of nitrogens with zero attached hydrogens (tertiary/aromatic N) is 1. The normalized spacial score (nSPS) is 32.8. The van der Waals surface area contributed by atoms with E-state index < -0.39 is 0 Å². The summed E-state index contributed by atoms with van der Waals surface area (Å²) in [4.78, 5) is 0. The van der Waals surface area contributed by atoms with Crippen molar-refractivity contribution < 1.29 is 4.52 Å². The summed E-state index contributed by atoms with van der Waals surface area (Å²) in [5, 5.41) is 11.1. The minimum atomic E-state index is 0.638. The molecule has 3 rings (SSSR count). The lowest BCUT2D eigenvalue weighted by molar-refractivity contribution is 0.208. The molecule has 2 fully saturated rings. The van der Waals surface area contributed by atoms with Gasteiger partial charge in [0.1, 0.15) is 5.76 Å². The van der Waals surface area contributed by atoms with Gasteiger partial charge in [0, 0.05) is 18.2 Å². The lowest BCUT2D eigenvalue weighted by atomic mass is 9.79. The zero-order valence-electron chi connectivity index (χ0n) is 10.9. The summed E-state index contributed by atoms with van der Waals surface area (Å²) < 4.78 is 5.16. The van der Waals surface area contributed by atoms with Crippen LogP contribution in [0.5, 0.6) is 0 Å². The number of nitrogens with one attached hydrogen (secondary N) is 2. The molecule has 0 aromatic carbocycles. The van der Waals surface area contributed by atoms with Crippen molar-refractivity contribution >= 4 is 0 Å². The second kappa shape index (κ2) is 5.85. The van der Waals surface area contributed by atoms with Crippen LogP contribution in [0.25, 0.3) is 0 Å². The molecule has 0 spiro atoms. The maximum atomic E-state index is 5.16. The third kappa shape index (κ3) is 2.75. The van der Waals surface area contributed by atoms with Gasteiger partial charge in [-0.3, -0.25) is 0 Å². The number of hydrogen-bond acceptors (Lipinski definition) is 4. The Morgan fingerprint density at radius 3 is 3.00 bits per heavy atom. The molecule has 0 radical (unpaired) electrons. The topological polar surface area (TPSA) is 50.1 Å². The van der Waals surface area contributed by atoms with E-state index in [1.807, 2.05) is 6.07 Å². The van der Waals surface area contributed by atoms with Crippen LogP contribution in [-0.4, -0.2) is 23.8 Å². The Labute approximate surface area is 108 Å². The maximum absolute atomic E-state index is 5.16. The van der Waals surface area contributed by atoms with Gasteiger partial charge < -0.3 is 15.2 Å². The molecule has 3 atom stereocenters. The van der Waals surface area contributed by atoms with Gasteiger partial charge in [0.25, 0.3) is 0 Å². The van der Waals surface area contributed by atoms with Crippen LogP contribution in [0.15, 0.2) is 16.8 Å². The molecular weight excluding hydrogens is 226 g/mol. The third-order valence-electron chi connectivity index (χ3n) is 4.46. The highest BCUT2D eigenvalue weighted by Gasteiger charge is 2.32. The molecule has 4 nitrogen and oxygen atoms in total. The second-order valence-corrected chi connectivity index (χ2v) is 5.62. The first-order valence-corrected chi connectivity index (χ1v) is 7.30. The van der Waals surface area contributed by atoms with E-state index in [-0.39, 0.29) is 0 Å². The van der Waals surface area contributed by atoms with Crippen LogP contribution in [0.4, 0.5) is 0 Å². The molecule has 3 unspecified atom stereocenters. The Morgan fingerprint density at radius 1 is 1.28 bits per heavy atom.